The fourth-order valence-corrected chi connectivity index (χ4v) is 3.99. The van der Waals surface area contributed by atoms with Gasteiger partial charge < -0.3 is 20.7 Å². The SMILES string of the molecule is Cc1ccc(CN2C(=O)C(NCCCc3cccc(C(N)=O)c3)COc3ccccc32)cc1. The number of carbonyl (C=O) groups excluding carboxylic acids is 2. The molecule has 0 aliphatic carbocycles. The monoisotopic (exact) mass is 443 g/mol. The number of anilines is 1. The molecule has 3 N–H and O–H groups in total. The van der Waals surface area contributed by atoms with Gasteiger partial charge in [-0.3, -0.25) is 9.59 Å². The van der Waals surface area contributed by atoms with Crippen LogP contribution in [0.3, 0.4) is 0 Å². The summed E-state index contributed by atoms with van der Waals surface area (Å²) in [6, 6.07) is 22.8. The molecule has 6 nitrogen and oxygen atoms in total. The van der Waals surface area contributed by atoms with Crippen molar-refractivity contribution in [3.8, 4) is 5.75 Å². The van der Waals surface area contributed by atoms with Crippen LogP contribution in [0, 0.1) is 6.92 Å². The van der Waals surface area contributed by atoms with Gasteiger partial charge in [-0.2, -0.15) is 0 Å². The van der Waals surface area contributed by atoms with Gasteiger partial charge in [-0.15, -0.1) is 0 Å². The van der Waals surface area contributed by atoms with E-state index in [0.717, 1.165) is 29.7 Å². The molecular weight excluding hydrogens is 414 g/mol. The molecule has 2 amide bonds. The number of rotatable bonds is 8. The highest BCUT2D eigenvalue weighted by Crippen LogP contribution is 2.32. The normalized spacial score (nSPS) is 15.5. The Morgan fingerprint density at radius 1 is 1.06 bits per heavy atom. The first-order chi connectivity index (χ1) is 16.0. The summed E-state index contributed by atoms with van der Waals surface area (Å²) in [7, 11) is 0. The van der Waals surface area contributed by atoms with E-state index in [9.17, 15) is 9.59 Å². The number of amides is 2. The van der Waals surface area contributed by atoms with Crippen molar-refractivity contribution in [3.05, 3.63) is 95.1 Å². The molecule has 1 atom stereocenters. The minimum absolute atomic E-state index is 0.00347. The van der Waals surface area contributed by atoms with Gasteiger partial charge in [0.25, 0.3) is 0 Å². The Balaban J connectivity index is 1.42. The van der Waals surface area contributed by atoms with Crippen LogP contribution in [0.1, 0.15) is 33.5 Å². The number of aryl methyl sites for hydroxylation is 2. The molecule has 3 aromatic rings. The number of benzene rings is 3. The summed E-state index contributed by atoms with van der Waals surface area (Å²) in [5.41, 5.74) is 9.97. The van der Waals surface area contributed by atoms with Crippen molar-refractivity contribution in [2.45, 2.75) is 32.4 Å². The maximum absolute atomic E-state index is 13.5. The average Bonchev–Trinajstić information content (AvgIpc) is 2.95. The highest BCUT2D eigenvalue weighted by molar-refractivity contribution is 5.99. The molecule has 0 radical (unpaired) electrons. The molecule has 0 aromatic heterocycles. The van der Waals surface area contributed by atoms with Crippen LogP contribution in [0.4, 0.5) is 5.69 Å². The molecule has 170 valence electrons. The smallest absolute Gasteiger partial charge is 0.248 e. The predicted octanol–water partition coefficient (Wildman–Crippen LogP) is 3.61. The van der Waals surface area contributed by atoms with Crippen LogP contribution in [0.15, 0.2) is 72.8 Å². The lowest BCUT2D eigenvalue weighted by Gasteiger charge is -2.25. The number of hydrogen-bond acceptors (Lipinski definition) is 4. The van der Waals surface area contributed by atoms with Gasteiger partial charge in [0.05, 0.1) is 12.2 Å². The lowest BCUT2D eigenvalue weighted by Crippen LogP contribution is -2.48. The lowest BCUT2D eigenvalue weighted by atomic mass is 10.1. The molecular formula is C27H29N3O3. The molecule has 33 heavy (non-hydrogen) atoms. The summed E-state index contributed by atoms with van der Waals surface area (Å²) in [6.07, 6.45) is 1.60. The second kappa shape index (κ2) is 10.3. The maximum Gasteiger partial charge on any atom is 0.248 e. The summed E-state index contributed by atoms with van der Waals surface area (Å²) in [4.78, 5) is 26.7. The third-order valence-electron chi connectivity index (χ3n) is 5.83. The van der Waals surface area contributed by atoms with Crippen molar-refractivity contribution in [1.29, 1.82) is 0 Å². The molecule has 1 unspecified atom stereocenters. The Labute approximate surface area is 194 Å². The number of para-hydroxylation sites is 2. The van der Waals surface area contributed by atoms with E-state index in [1.807, 2.05) is 49.4 Å². The van der Waals surface area contributed by atoms with Crippen molar-refractivity contribution < 1.29 is 14.3 Å². The highest BCUT2D eigenvalue weighted by Gasteiger charge is 2.31. The molecule has 0 spiro atoms. The third-order valence-corrected chi connectivity index (χ3v) is 5.83. The summed E-state index contributed by atoms with van der Waals surface area (Å²) < 4.78 is 6.00. The largest absolute Gasteiger partial charge is 0.489 e. The van der Waals surface area contributed by atoms with E-state index in [-0.39, 0.29) is 12.5 Å². The third kappa shape index (κ3) is 5.59. The summed E-state index contributed by atoms with van der Waals surface area (Å²) >= 11 is 0. The number of primary amides is 1. The fraction of sp³-hybridized carbons (Fsp3) is 0.259. The van der Waals surface area contributed by atoms with E-state index in [0.29, 0.717) is 24.4 Å². The topological polar surface area (TPSA) is 84.7 Å². The van der Waals surface area contributed by atoms with Gasteiger partial charge in [0.15, 0.2) is 0 Å². The lowest BCUT2D eigenvalue weighted by molar-refractivity contribution is -0.121. The maximum atomic E-state index is 13.5. The van der Waals surface area contributed by atoms with Crippen molar-refractivity contribution in [3.63, 3.8) is 0 Å². The van der Waals surface area contributed by atoms with Gasteiger partial charge in [-0.1, -0.05) is 54.1 Å². The van der Waals surface area contributed by atoms with Crippen molar-refractivity contribution in [1.82, 2.24) is 5.32 Å². The fourth-order valence-electron chi connectivity index (χ4n) is 3.99. The van der Waals surface area contributed by atoms with Gasteiger partial charge in [0.1, 0.15) is 18.4 Å². The van der Waals surface area contributed by atoms with Crippen LogP contribution >= 0.6 is 0 Å². The van der Waals surface area contributed by atoms with E-state index in [4.69, 9.17) is 10.5 Å². The number of carbonyl (C=O) groups is 2. The molecule has 6 heteroatoms. The number of nitrogens with one attached hydrogen (secondary N) is 1. The second-order valence-corrected chi connectivity index (χ2v) is 8.36. The number of nitrogens with two attached hydrogens (primary N) is 1. The predicted molar refractivity (Wildman–Crippen MR) is 129 cm³/mol. The number of nitrogens with zero attached hydrogens (tertiary/aromatic N) is 1. The van der Waals surface area contributed by atoms with Crippen molar-refractivity contribution >= 4 is 17.5 Å². The Bertz CT molecular complexity index is 1130. The van der Waals surface area contributed by atoms with Crippen molar-refractivity contribution in [2.24, 2.45) is 5.73 Å². The summed E-state index contributed by atoms with van der Waals surface area (Å²) in [5.74, 6) is 0.284. The van der Waals surface area contributed by atoms with Crippen LogP contribution in [-0.2, 0) is 17.8 Å². The minimum atomic E-state index is -0.445. The van der Waals surface area contributed by atoms with Gasteiger partial charge in [0, 0.05) is 5.56 Å². The first-order valence-electron chi connectivity index (χ1n) is 11.2. The molecule has 0 bridgehead atoms. The van der Waals surface area contributed by atoms with Crippen molar-refractivity contribution in [2.75, 3.05) is 18.1 Å². The van der Waals surface area contributed by atoms with Gasteiger partial charge in [-0.05, 0) is 61.7 Å². The number of ether oxygens (including phenoxy) is 1. The molecule has 0 fully saturated rings. The Morgan fingerprint density at radius 3 is 2.64 bits per heavy atom. The molecule has 0 saturated carbocycles. The van der Waals surface area contributed by atoms with Crippen LogP contribution < -0.4 is 20.7 Å². The van der Waals surface area contributed by atoms with E-state index in [1.165, 1.54) is 5.56 Å². The van der Waals surface area contributed by atoms with Gasteiger partial charge in [0.2, 0.25) is 11.8 Å². The quantitative estimate of drug-likeness (QED) is 0.521. The molecule has 1 heterocycles. The average molecular weight is 444 g/mol. The zero-order valence-electron chi connectivity index (χ0n) is 18.8. The Morgan fingerprint density at radius 2 is 1.85 bits per heavy atom. The zero-order chi connectivity index (χ0) is 23.2. The van der Waals surface area contributed by atoms with Gasteiger partial charge in [-0.25, -0.2) is 0 Å². The van der Waals surface area contributed by atoms with Gasteiger partial charge >= 0.3 is 0 Å². The standard InChI is InChI=1S/C27H29N3O3/c1-19-11-13-21(14-12-19)17-30-24-9-2-3-10-25(24)33-18-23(27(30)32)29-15-5-7-20-6-4-8-22(16-20)26(28)31/h2-4,6,8-14,16,23,29H,5,7,15,17-18H2,1H3,(H2,28,31). The molecule has 3 aromatic carbocycles. The molecule has 4 rings (SSSR count). The van der Waals surface area contributed by atoms with E-state index < -0.39 is 11.9 Å². The Hall–Kier alpha value is -3.64. The van der Waals surface area contributed by atoms with E-state index in [2.05, 4.69) is 29.6 Å². The highest BCUT2D eigenvalue weighted by atomic mass is 16.5. The number of hydrogen-bond donors (Lipinski definition) is 2. The summed E-state index contributed by atoms with van der Waals surface area (Å²) in [5, 5.41) is 3.37. The zero-order valence-corrected chi connectivity index (χ0v) is 18.8. The Kier molecular flexibility index (Phi) is 7.05. The number of fused-ring (bicyclic) bond motifs is 1. The van der Waals surface area contributed by atoms with Crippen LogP contribution in [0.2, 0.25) is 0 Å². The molecule has 1 aliphatic heterocycles. The van der Waals surface area contributed by atoms with E-state index in [1.54, 1.807) is 11.0 Å². The summed E-state index contributed by atoms with van der Waals surface area (Å²) in [6.45, 7) is 3.46. The molecule has 0 saturated heterocycles. The second-order valence-electron chi connectivity index (χ2n) is 8.36. The first kappa shape index (κ1) is 22.6. The van der Waals surface area contributed by atoms with Crippen LogP contribution in [0.25, 0.3) is 0 Å². The minimum Gasteiger partial charge on any atom is -0.489 e. The molecule has 1 aliphatic rings. The first-order valence-corrected chi connectivity index (χ1v) is 11.2. The van der Waals surface area contributed by atoms with Crippen LogP contribution in [-0.4, -0.2) is 31.0 Å². The van der Waals surface area contributed by atoms with Crippen LogP contribution in [0.5, 0.6) is 5.75 Å². The van der Waals surface area contributed by atoms with E-state index >= 15 is 0 Å².